The van der Waals surface area contributed by atoms with Crippen LogP contribution in [0.1, 0.15) is 16.9 Å². The summed E-state index contributed by atoms with van der Waals surface area (Å²) in [5, 5.41) is 6.84. The Morgan fingerprint density at radius 3 is 2.17 bits per heavy atom. The number of nitrogens with one attached hydrogen (secondary N) is 2. The average Bonchev–Trinajstić information content (AvgIpc) is 2.94. The van der Waals surface area contributed by atoms with Crippen LogP contribution in [0, 0.1) is 6.92 Å². The van der Waals surface area contributed by atoms with Crippen LogP contribution in [-0.2, 0) is 20.8 Å². The molecule has 0 spiro atoms. The van der Waals surface area contributed by atoms with E-state index in [0.29, 0.717) is 0 Å². The fourth-order valence-corrected chi connectivity index (χ4v) is 2.45. The first-order valence-electron chi connectivity index (χ1n) is 6.91. The number of rotatable bonds is 6. The predicted molar refractivity (Wildman–Crippen MR) is 92.8 cm³/mol. The molecule has 1 aromatic rings. The highest BCUT2D eigenvalue weighted by atomic mass is 32.1. The first-order valence-corrected chi connectivity index (χ1v) is 7.79. The minimum Gasteiger partial charge on any atom is -0.370 e. The third kappa shape index (κ3) is 10.4. The number of carbonyl (C=O) groups is 3. The summed E-state index contributed by atoms with van der Waals surface area (Å²) in [6, 6.07) is 0.990. The number of amides is 3. The number of likely N-dealkylation sites (N-methyl/N-ethyl adjacent to an activating group) is 1. The van der Waals surface area contributed by atoms with E-state index in [-0.39, 0.29) is 18.7 Å². The molecule has 0 aliphatic heterocycles. The Labute approximate surface area is 140 Å². The molecule has 0 radical (unpaired) electrons. The van der Waals surface area contributed by atoms with Crippen molar-refractivity contribution in [3.63, 3.8) is 0 Å². The minimum absolute atomic E-state index is 0.185. The summed E-state index contributed by atoms with van der Waals surface area (Å²) < 4.78 is 0. The van der Waals surface area contributed by atoms with Gasteiger partial charge in [-0.1, -0.05) is 0 Å². The average molecular weight is 345 g/mol. The molecular formula is C14H27N5O3S. The fourth-order valence-electron chi connectivity index (χ4n) is 1.57. The van der Waals surface area contributed by atoms with Crippen molar-refractivity contribution in [1.29, 1.82) is 0 Å². The molecule has 9 heteroatoms. The Morgan fingerprint density at radius 1 is 1.22 bits per heavy atom. The van der Waals surface area contributed by atoms with Crippen molar-refractivity contribution in [2.75, 3.05) is 21.1 Å². The standard InChI is InChI=1S/C12H17N3O3S.2CH5N/c1-7-3-8(19-6-7)4-11(17)15-9(5-10(13)16)12(18)14-2;2*1-2/h3,6,9H,4-5H2,1-2H3,(H2,13,16)(H,14,18)(H,15,17);2*2H2,1H3/t9-;;/m0../s1. The van der Waals surface area contributed by atoms with Gasteiger partial charge in [-0.3, -0.25) is 14.4 Å². The van der Waals surface area contributed by atoms with Crippen molar-refractivity contribution in [3.8, 4) is 0 Å². The van der Waals surface area contributed by atoms with Gasteiger partial charge in [0.2, 0.25) is 17.7 Å². The first-order chi connectivity index (χ1) is 10.9. The molecule has 1 heterocycles. The molecule has 1 atom stereocenters. The van der Waals surface area contributed by atoms with E-state index < -0.39 is 17.9 Å². The molecule has 132 valence electrons. The van der Waals surface area contributed by atoms with Crippen LogP contribution in [0.4, 0.5) is 0 Å². The minimum atomic E-state index is -0.920. The molecule has 0 aromatic carbocycles. The van der Waals surface area contributed by atoms with E-state index >= 15 is 0 Å². The van der Waals surface area contributed by atoms with E-state index in [0.717, 1.165) is 10.4 Å². The number of thiophene rings is 1. The Morgan fingerprint density at radius 2 is 1.78 bits per heavy atom. The van der Waals surface area contributed by atoms with Gasteiger partial charge in [-0.15, -0.1) is 11.3 Å². The van der Waals surface area contributed by atoms with E-state index in [2.05, 4.69) is 22.1 Å². The van der Waals surface area contributed by atoms with Crippen LogP contribution < -0.4 is 27.8 Å². The maximum Gasteiger partial charge on any atom is 0.242 e. The SMILES string of the molecule is CN.CN.CNC(=O)[C@H](CC(N)=O)NC(=O)Cc1cc(C)cs1. The highest BCUT2D eigenvalue weighted by Crippen LogP contribution is 2.14. The molecule has 8 N–H and O–H groups in total. The van der Waals surface area contributed by atoms with E-state index in [1.54, 1.807) is 0 Å². The fraction of sp³-hybridized carbons (Fsp3) is 0.500. The van der Waals surface area contributed by atoms with E-state index in [1.165, 1.54) is 32.5 Å². The zero-order valence-corrected chi connectivity index (χ0v) is 14.8. The number of primary amides is 1. The van der Waals surface area contributed by atoms with Crippen molar-refractivity contribution >= 4 is 29.1 Å². The van der Waals surface area contributed by atoms with Crippen LogP contribution in [0.25, 0.3) is 0 Å². The van der Waals surface area contributed by atoms with Gasteiger partial charge in [0, 0.05) is 11.9 Å². The molecule has 0 fully saturated rings. The molecule has 1 rings (SSSR count). The number of carbonyl (C=O) groups excluding carboxylic acids is 3. The molecule has 0 saturated heterocycles. The molecule has 3 amide bonds. The summed E-state index contributed by atoms with van der Waals surface area (Å²) in [6.07, 6.45) is -0.0281. The molecule has 0 aliphatic rings. The van der Waals surface area contributed by atoms with Crippen molar-refractivity contribution in [2.24, 2.45) is 17.2 Å². The van der Waals surface area contributed by atoms with Crippen LogP contribution >= 0.6 is 11.3 Å². The molecule has 0 bridgehead atoms. The van der Waals surface area contributed by atoms with Gasteiger partial charge in [0.15, 0.2) is 0 Å². The van der Waals surface area contributed by atoms with Crippen LogP contribution in [0.3, 0.4) is 0 Å². The predicted octanol–water partition coefficient (Wildman–Crippen LogP) is -1.14. The molecule has 1 aromatic heterocycles. The monoisotopic (exact) mass is 345 g/mol. The molecule has 8 nitrogen and oxygen atoms in total. The van der Waals surface area contributed by atoms with Crippen molar-refractivity contribution in [3.05, 3.63) is 21.9 Å². The molecule has 0 aliphatic carbocycles. The summed E-state index contributed by atoms with van der Waals surface area (Å²) in [6.45, 7) is 1.94. The highest BCUT2D eigenvalue weighted by Gasteiger charge is 2.21. The summed E-state index contributed by atoms with van der Waals surface area (Å²) in [7, 11) is 4.44. The van der Waals surface area contributed by atoms with Gasteiger partial charge in [0.1, 0.15) is 6.04 Å². The largest absolute Gasteiger partial charge is 0.370 e. The topological polar surface area (TPSA) is 153 Å². The zero-order chi connectivity index (χ0) is 18.4. The summed E-state index contributed by atoms with van der Waals surface area (Å²) >= 11 is 1.48. The summed E-state index contributed by atoms with van der Waals surface area (Å²) in [5.41, 5.74) is 15.1. The van der Waals surface area contributed by atoms with E-state index in [1.807, 2.05) is 18.4 Å². The Hall–Kier alpha value is -1.97. The quantitative estimate of drug-likeness (QED) is 0.441. The maximum atomic E-state index is 11.8. The second-order valence-corrected chi connectivity index (χ2v) is 5.17. The lowest BCUT2D eigenvalue weighted by Gasteiger charge is -2.15. The van der Waals surface area contributed by atoms with Gasteiger partial charge in [-0.2, -0.15) is 0 Å². The zero-order valence-electron chi connectivity index (χ0n) is 14.0. The van der Waals surface area contributed by atoms with Gasteiger partial charge < -0.3 is 27.8 Å². The molecule has 0 saturated carbocycles. The normalized spacial score (nSPS) is 10.2. The van der Waals surface area contributed by atoms with E-state index in [4.69, 9.17) is 5.73 Å². The van der Waals surface area contributed by atoms with Crippen molar-refractivity contribution < 1.29 is 14.4 Å². The van der Waals surface area contributed by atoms with Gasteiger partial charge >= 0.3 is 0 Å². The lowest BCUT2D eigenvalue weighted by molar-refractivity contribution is -0.130. The third-order valence-corrected chi connectivity index (χ3v) is 3.48. The second-order valence-electron chi connectivity index (χ2n) is 4.17. The van der Waals surface area contributed by atoms with Crippen molar-refractivity contribution in [1.82, 2.24) is 10.6 Å². The third-order valence-electron chi connectivity index (χ3n) is 2.42. The first kappa shape index (κ1) is 23.3. The van der Waals surface area contributed by atoms with Gasteiger partial charge in [0.25, 0.3) is 0 Å². The van der Waals surface area contributed by atoms with Gasteiger partial charge in [-0.05, 0) is 38.0 Å². The Kier molecular flexibility index (Phi) is 13.9. The maximum absolute atomic E-state index is 11.8. The number of aryl methyl sites for hydroxylation is 1. The van der Waals surface area contributed by atoms with Crippen LogP contribution in [-0.4, -0.2) is 44.9 Å². The lowest BCUT2D eigenvalue weighted by atomic mass is 10.1. The van der Waals surface area contributed by atoms with Crippen molar-refractivity contribution in [2.45, 2.75) is 25.8 Å². The van der Waals surface area contributed by atoms with E-state index in [9.17, 15) is 14.4 Å². The number of hydrogen-bond donors (Lipinski definition) is 5. The Balaban J connectivity index is 0. The van der Waals surface area contributed by atoms with Crippen LogP contribution in [0.2, 0.25) is 0 Å². The number of nitrogens with two attached hydrogens (primary N) is 3. The van der Waals surface area contributed by atoms with Crippen LogP contribution in [0.5, 0.6) is 0 Å². The lowest BCUT2D eigenvalue weighted by Crippen LogP contribution is -2.48. The Bertz CT molecular complexity index is 491. The summed E-state index contributed by atoms with van der Waals surface area (Å²) in [5.74, 6) is -1.38. The summed E-state index contributed by atoms with van der Waals surface area (Å²) in [4.78, 5) is 35.1. The number of hydrogen-bond acceptors (Lipinski definition) is 6. The van der Waals surface area contributed by atoms with Crippen LogP contribution in [0.15, 0.2) is 11.4 Å². The van der Waals surface area contributed by atoms with Gasteiger partial charge in [0.05, 0.1) is 12.8 Å². The molecule has 23 heavy (non-hydrogen) atoms. The molecule has 0 unspecified atom stereocenters. The highest BCUT2D eigenvalue weighted by molar-refractivity contribution is 7.10. The molecular weight excluding hydrogens is 318 g/mol. The van der Waals surface area contributed by atoms with Gasteiger partial charge in [-0.25, -0.2) is 0 Å². The smallest absolute Gasteiger partial charge is 0.242 e. The second kappa shape index (κ2) is 13.7.